The third-order valence-electron chi connectivity index (χ3n) is 5.18. The fourth-order valence-electron chi connectivity index (χ4n) is 2.89. The Balaban J connectivity index is 2.65. The van der Waals surface area contributed by atoms with Crippen molar-refractivity contribution in [1.29, 1.82) is 0 Å². The van der Waals surface area contributed by atoms with Crippen LogP contribution in [0.3, 0.4) is 0 Å². The average molecular weight is 454 g/mol. The number of carbonyl (C=O) groups excluding carboxylic acids is 3. The molecule has 0 spiro atoms. The molecule has 1 rings (SSSR count). The minimum absolute atomic E-state index is 0.0142. The van der Waals surface area contributed by atoms with Crippen molar-refractivity contribution in [3.63, 3.8) is 0 Å². The Labute approximate surface area is 187 Å². The van der Waals surface area contributed by atoms with Crippen molar-refractivity contribution >= 4 is 23.7 Å². The maximum absolute atomic E-state index is 12.6. The molecule has 1 heterocycles. The highest BCUT2D eigenvalue weighted by Gasteiger charge is 2.27. The summed E-state index contributed by atoms with van der Waals surface area (Å²) in [5, 5.41) is 16.8. The van der Waals surface area contributed by atoms with Gasteiger partial charge in [0.1, 0.15) is 12.1 Å². The standard InChI is InChI=1S/C20H35N7O5/c1-3-12(2)17(22)19(30)27-14(6-4-5-7-21)18(29)24-10-16(28)26-15(20(31)32)8-13-9-23-11-25-13/h9,11-12,14-15,17H,3-8,10,21-22H2,1-2H3,(H,23,25)(H,24,29)(H,26,28)(H,27,30)(H,31,32). The molecule has 0 aliphatic carbocycles. The normalized spacial score (nSPS) is 14.6. The summed E-state index contributed by atoms with van der Waals surface area (Å²) in [6.45, 7) is 3.77. The maximum atomic E-state index is 12.6. The van der Waals surface area contributed by atoms with Crippen LogP contribution in [0.25, 0.3) is 0 Å². The number of unbranched alkanes of at least 4 members (excludes halogenated alkanes) is 1. The number of carboxylic acids is 1. The van der Waals surface area contributed by atoms with Gasteiger partial charge in [-0.2, -0.15) is 0 Å². The number of nitrogens with two attached hydrogens (primary N) is 2. The van der Waals surface area contributed by atoms with E-state index in [2.05, 4.69) is 25.9 Å². The summed E-state index contributed by atoms with van der Waals surface area (Å²) in [7, 11) is 0. The van der Waals surface area contributed by atoms with E-state index in [1.165, 1.54) is 12.5 Å². The topological polar surface area (TPSA) is 205 Å². The van der Waals surface area contributed by atoms with Crippen LogP contribution < -0.4 is 27.4 Å². The van der Waals surface area contributed by atoms with Gasteiger partial charge in [-0.3, -0.25) is 14.4 Å². The number of hydrogen-bond donors (Lipinski definition) is 7. The van der Waals surface area contributed by atoms with Crippen LogP contribution >= 0.6 is 0 Å². The SMILES string of the molecule is CCC(C)C(N)C(=O)NC(CCCCN)C(=O)NCC(=O)NC(Cc1cnc[nH]1)C(=O)O. The molecule has 0 radical (unpaired) electrons. The van der Waals surface area contributed by atoms with Crippen LogP contribution in [-0.4, -0.2) is 70.0 Å². The minimum Gasteiger partial charge on any atom is -0.480 e. The monoisotopic (exact) mass is 453 g/mol. The molecule has 4 unspecified atom stereocenters. The van der Waals surface area contributed by atoms with E-state index in [1.54, 1.807) is 0 Å². The van der Waals surface area contributed by atoms with E-state index in [1.807, 2.05) is 13.8 Å². The number of amides is 3. The second-order valence-electron chi connectivity index (χ2n) is 7.71. The molecular formula is C20H35N7O5. The molecular weight excluding hydrogens is 418 g/mol. The van der Waals surface area contributed by atoms with Crippen LogP contribution in [0.2, 0.25) is 0 Å². The predicted octanol–water partition coefficient (Wildman–Crippen LogP) is -1.37. The van der Waals surface area contributed by atoms with E-state index >= 15 is 0 Å². The van der Waals surface area contributed by atoms with Crippen LogP contribution in [0.1, 0.15) is 45.2 Å². The first-order valence-corrected chi connectivity index (χ1v) is 10.7. The number of aromatic nitrogens is 2. The van der Waals surface area contributed by atoms with Gasteiger partial charge in [0.05, 0.1) is 18.9 Å². The molecule has 32 heavy (non-hydrogen) atoms. The van der Waals surface area contributed by atoms with Crippen LogP contribution in [0, 0.1) is 5.92 Å². The fourth-order valence-corrected chi connectivity index (χ4v) is 2.89. The number of aromatic amines is 1. The fraction of sp³-hybridized carbons (Fsp3) is 0.650. The number of imidazole rings is 1. The Morgan fingerprint density at radius 1 is 1.16 bits per heavy atom. The Kier molecular flexibility index (Phi) is 12.0. The second-order valence-corrected chi connectivity index (χ2v) is 7.71. The van der Waals surface area contributed by atoms with Crippen molar-refractivity contribution in [2.45, 2.75) is 64.1 Å². The van der Waals surface area contributed by atoms with E-state index in [4.69, 9.17) is 11.5 Å². The van der Waals surface area contributed by atoms with Gasteiger partial charge >= 0.3 is 5.97 Å². The summed E-state index contributed by atoms with van der Waals surface area (Å²) in [5.74, 6) is -2.94. The Morgan fingerprint density at radius 3 is 2.44 bits per heavy atom. The molecule has 9 N–H and O–H groups in total. The molecule has 0 fully saturated rings. The van der Waals surface area contributed by atoms with Crippen LogP contribution in [0.15, 0.2) is 12.5 Å². The summed E-state index contributed by atoms with van der Waals surface area (Å²) in [6.07, 6.45) is 5.20. The molecule has 0 saturated heterocycles. The highest BCUT2D eigenvalue weighted by molar-refractivity contribution is 5.92. The quantitative estimate of drug-likeness (QED) is 0.157. The number of hydrogen-bond acceptors (Lipinski definition) is 7. The van der Waals surface area contributed by atoms with E-state index in [0.29, 0.717) is 37.9 Å². The van der Waals surface area contributed by atoms with E-state index in [0.717, 1.165) is 0 Å². The molecule has 0 aromatic carbocycles. The number of aliphatic carboxylic acids is 1. The first-order valence-electron chi connectivity index (χ1n) is 10.7. The largest absolute Gasteiger partial charge is 0.480 e. The Bertz CT molecular complexity index is 741. The Hall–Kier alpha value is -2.99. The van der Waals surface area contributed by atoms with Crippen molar-refractivity contribution in [1.82, 2.24) is 25.9 Å². The molecule has 4 atom stereocenters. The number of nitrogens with one attached hydrogen (secondary N) is 4. The molecule has 0 aliphatic heterocycles. The van der Waals surface area contributed by atoms with Gasteiger partial charge in [-0.1, -0.05) is 20.3 Å². The zero-order valence-corrected chi connectivity index (χ0v) is 18.6. The predicted molar refractivity (Wildman–Crippen MR) is 117 cm³/mol. The first kappa shape index (κ1) is 27.0. The number of H-pyrrole nitrogens is 1. The minimum atomic E-state index is -1.22. The first-order chi connectivity index (χ1) is 15.2. The molecule has 1 aromatic rings. The molecule has 0 bridgehead atoms. The average Bonchev–Trinajstić information content (AvgIpc) is 3.28. The lowest BCUT2D eigenvalue weighted by molar-refractivity contribution is -0.141. The van der Waals surface area contributed by atoms with Crippen molar-refractivity contribution in [3.8, 4) is 0 Å². The van der Waals surface area contributed by atoms with Gasteiger partial charge in [0, 0.05) is 18.3 Å². The molecule has 12 heteroatoms. The number of nitrogens with zero attached hydrogens (tertiary/aromatic N) is 1. The van der Waals surface area contributed by atoms with E-state index < -0.39 is 48.4 Å². The van der Waals surface area contributed by atoms with Crippen molar-refractivity contribution in [2.75, 3.05) is 13.1 Å². The summed E-state index contributed by atoms with van der Waals surface area (Å²) in [4.78, 5) is 55.2. The van der Waals surface area contributed by atoms with Gasteiger partial charge in [-0.15, -0.1) is 0 Å². The van der Waals surface area contributed by atoms with Gasteiger partial charge in [0.2, 0.25) is 17.7 Å². The van der Waals surface area contributed by atoms with Gasteiger partial charge in [0.25, 0.3) is 0 Å². The molecule has 1 aromatic heterocycles. The van der Waals surface area contributed by atoms with E-state index in [-0.39, 0.29) is 12.3 Å². The van der Waals surface area contributed by atoms with Gasteiger partial charge in [-0.25, -0.2) is 9.78 Å². The Morgan fingerprint density at radius 2 is 1.88 bits per heavy atom. The molecule has 3 amide bonds. The summed E-state index contributed by atoms with van der Waals surface area (Å²) in [5.41, 5.74) is 12.0. The maximum Gasteiger partial charge on any atom is 0.326 e. The summed E-state index contributed by atoms with van der Waals surface area (Å²) in [6, 6.07) is -2.82. The van der Waals surface area contributed by atoms with Crippen LogP contribution in [0.4, 0.5) is 0 Å². The van der Waals surface area contributed by atoms with E-state index in [9.17, 15) is 24.3 Å². The highest BCUT2D eigenvalue weighted by Crippen LogP contribution is 2.07. The molecule has 0 aliphatic rings. The zero-order chi connectivity index (χ0) is 24.1. The second kappa shape index (κ2) is 14.1. The van der Waals surface area contributed by atoms with Crippen molar-refractivity contribution in [3.05, 3.63) is 18.2 Å². The highest BCUT2D eigenvalue weighted by atomic mass is 16.4. The van der Waals surface area contributed by atoms with Gasteiger partial charge in [0.15, 0.2) is 0 Å². The van der Waals surface area contributed by atoms with Crippen molar-refractivity contribution in [2.24, 2.45) is 17.4 Å². The number of carboxylic acid groups (broad SMARTS) is 1. The van der Waals surface area contributed by atoms with Gasteiger partial charge < -0.3 is 37.5 Å². The number of rotatable bonds is 15. The molecule has 0 saturated carbocycles. The number of carbonyl (C=O) groups is 4. The smallest absolute Gasteiger partial charge is 0.326 e. The lowest BCUT2D eigenvalue weighted by atomic mass is 9.98. The zero-order valence-electron chi connectivity index (χ0n) is 18.6. The van der Waals surface area contributed by atoms with Crippen LogP contribution in [-0.2, 0) is 25.6 Å². The summed E-state index contributed by atoms with van der Waals surface area (Å²) >= 11 is 0. The third-order valence-corrected chi connectivity index (χ3v) is 5.18. The lowest BCUT2D eigenvalue weighted by Crippen LogP contribution is -2.54. The lowest BCUT2D eigenvalue weighted by Gasteiger charge is -2.23. The molecule has 12 nitrogen and oxygen atoms in total. The summed E-state index contributed by atoms with van der Waals surface area (Å²) < 4.78 is 0. The van der Waals surface area contributed by atoms with Gasteiger partial charge in [-0.05, 0) is 31.7 Å². The molecule has 180 valence electrons. The van der Waals surface area contributed by atoms with Crippen LogP contribution in [0.5, 0.6) is 0 Å². The third kappa shape index (κ3) is 9.43. The van der Waals surface area contributed by atoms with Crippen molar-refractivity contribution < 1.29 is 24.3 Å².